The van der Waals surface area contributed by atoms with Crippen LogP contribution in [0.4, 0.5) is 5.69 Å². The molecule has 0 radical (unpaired) electrons. The van der Waals surface area contributed by atoms with Crippen molar-refractivity contribution in [2.24, 2.45) is 0 Å². The molecule has 0 spiro atoms. The predicted octanol–water partition coefficient (Wildman–Crippen LogP) is 2.47. The van der Waals surface area contributed by atoms with Gasteiger partial charge >= 0.3 is 0 Å². The van der Waals surface area contributed by atoms with Gasteiger partial charge in [0.05, 0.1) is 6.20 Å². The second-order valence-electron chi connectivity index (χ2n) is 6.19. The van der Waals surface area contributed by atoms with E-state index in [-0.39, 0.29) is 11.9 Å². The summed E-state index contributed by atoms with van der Waals surface area (Å²) >= 11 is 1.44. The molecule has 3 N–H and O–H groups in total. The van der Waals surface area contributed by atoms with Crippen LogP contribution in [0.25, 0.3) is 10.6 Å². The molecule has 2 saturated heterocycles. The normalized spacial score (nSPS) is 25.5. The molecular weight excluding hydrogens is 308 g/mol. The third-order valence-electron chi connectivity index (χ3n) is 4.77. The van der Waals surface area contributed by atoms with E-state index in [0.717, 1.165) is 22.7 Å². The van der Waals surface area contributed by atoms with E-state index in [9.17, 15) is 4.79 Å². The van der Waals surface area contributed by atoms with Crippen molar-refractivity contribution < 1.29 is 4.79 Å². The van der Waals surface area contributed by atoms with E-state index in [0.29, 0.717) is 17.0 Å². The van der Waals surface area contributed by atoms with E-state index >= 15 is 0 Å². The van der Waals surface area contributed by atoms with Gasteiger partial charge in [0.2, 0.25) is 0 Å². The van der Waals surface area contributed by atoms with Crippen molar-refractivity contribution in [2.75, 3.05) is 12.4 Å². The van der Waals surface area contributed by atoms with Crippen LogP contribution in [0, 0.1) is 0 Å². The Morgan fingerprint density at radius 2 is 2.22 bits per heavy atom. The summed E-state index contributed by atoms with van der Waals surface area (Å²) in [6, 6.07) is 9.29. The highest BCUT2D eigenvalue weighted by Gasteiger charge is 2.39. The van der Waals surface area contributed by atoms with Gasteiger partial charge in [-0.05, 0) is 31.4 Å². The van der Waals surface area contributed by atoms with E-state index in [2.05, 4.69) is 20.9 Å². The molecule has 0 saturated carbocycles. The highest BCUT2D eigenvalue weighted by molar-refractivity contribution is 7.17. The maximum absolute atomic E-state index is 12.5. The summed E-state index contributed by atoms with van der Waals surface area (Å²) < 4.78 is 0. The van der Waals surface area contributed by atoms with Gasteiger partial charge in [0.1, 0.15) is 9.88 Å². The minimum absolute atomic E-state index is 0.00459. The molecule has 2 aromatic rings. The lowest BCUT2D eigenvalue weighted by atomic mass is 9.95. The van der Waals surface area contributed by atoms with Crippen LogP contribution in [-0.4, -0.2) is 36.1 Å². The van der Waals surface area contributed by atoms with Crippen LogP contribution in [0.5, 0.6) is 0 Å². The van der Waals surface area contributed by atoms with Crippen LogP contribution in [0.3, 0.4) is 0 Å². The van der Waals surface area contributed by atoms with Crippen LogP contribution in [-0.2, 0) is 0 Å². The average Bonchev–Trinajstić information content (AvgIpc) is 3.31. The third kappa shape index (κ3) is 2.72. The summed E-state index contributed by atoms with van der Waals surface area (Å²) in [6.45, 7) is 0. The Kier molecular flexibility index (Phi) is 3.79. The van der Waals surface area contributed by atoms with Crippen molar-refractivity contribution in [1.29, 1.82) is 0 Å². The molecule has 4 rings (SSSR count). The average molecular weight is 328 g/mol. The van der Waals surface area contributed by atoms with Crippen LogP contribution < -0.4 is 16.0 Å². The van der Waals surface area contributed by atoms with Crippen molar-refractivity contribution in [2.45, 2.75) is 37.4 Å². The van der Waals surface area contributed by atoms with Crippen LogP contribution in [0.1, 0.15) is 28.9 Å². The molecule has 5 nitrogen and oxygen atoms in total. The molecule has 1 aromatic carbocycles. The molecule has 2 fully saturated rings. The molecule has 3 unspecified atom stereocenters. The summed E-state index contributed by atoms with van der Waals surface area (Å²) in [4.78, 5) is 17.6. The molecular formula is C17H20N4OS. The second-order valence-corrected chi connectivity index (χ2v) is 7.22. The number of nitrogens with zero attached hydrogens (tertiary/aromatic N) is 1. The number of hydrogen-bond acceptors (Lipinski definition) is 5. The molecule has 2 aliphatic heterocycles. The molecule has 2 aliphatic rings. The zero-order valence-electron chi connectivity index (χ0n) is 13.0. The van der Waals surface area contributed by atoms with Crippen molar-refractivity contribution in [3.05, 3.63) is 35.3 Å². The highest BCUT2D eigenvalue weighted by Crippen LogP contribution is 2.32. The Bertz CT molecular complexity index is 729. The number of rotatable bonds is 4. The monoisotopic (exact) mass is 328 g/mol. The molecule has 6 heteroatoms. The number of fused-ring (bicyclic) bond motifs is 2. The maximum Gasteiger partial charge on any atom is 0.263 e. The van der Waals surface area contributed by atoms with Crippen LogP contribution in [0.15, 0.2) is 30.5 Å². The van der Waals surface area contributed by atoms with E-state index < -0.39 is 0 Å². The van der Waals surface area contributed by atoms with E-state index in [1.807, 2.05) is 31.3 Å². The van der Waals surface area contributed by atoms with Gasteiger partial charge in [-0.3, -0.25) is 4.79 Å². The SMILES string of the molecule is CNc1ccccc1-c1ncc(C(=O)NC2CC3CCC2N3)s1. The Morgan fingerprint density at radius 1 is 1.35 bits per heavy atom. The van der Waals surface area contributed by atoms with Gasteiger partial charge < -0.3 is 16.0 Å². The topological polar surface area (TPSA) is 66.0 Å². The fourth-order valence-corrected chi connectivity index (χ4v) is 4.47. The summed E-state index contributed by atoms with van der Waals surface area (Å²) in [7, 11) is 1.89. The van der Waals surface area contributed by atoms with E-state index in [1.165, 1.54) is 24.2 Å². The number of anilines is 1. The number of aromatic nitrogens is 1. The van der Waals surface area contributed by atoms with Gasteiger partial charge in [-0.2, -0.15) is 0 Å². The summed E-state index contributed by atoms with van der Waals surface area (Å²) in [5.74, 6) is -0.00459. The Balaban J connectivity index is 1.50. The fourth-order valence-electron chi connectivity index (χ4n) is 3.61. The molecule has 0 aliphatic carbocycles. The Morgan fingerprint density at radius 3 is 2.96 bits per heavy atom. The first-order valence-corrected chi connectivity index (χ1v) is 8.86. The fraction of sp³-hybridized carbons (Fsp3) is 0.412. The Hall–Kier alpha value is -1.92. The lowest BCUT2D eigenvalue weighted by Gasteiger charge is -2.20. The molecule has 1 aromatic heterocycles. The molecule has 1 amide bonds. The van der Waals surface area contributed by atoms with Gasteiger partial charge in [0, 0.05) is 36.4 Å². The number of nitrogens with one attached hydrogen (secondary N) is 3. The number of amides is 1. The zero-order valence-corrected chi connectivity index (χ0v) is 13.8. The smallest absolute Gasteiger partial charge is 0.263 e. The van der Waals surface area contributed by atoms with Gasteiger partial charge in [0.25, 0.3) is 5.91 Å². The minimum Gasteiger partial charge on any atom is -0.388 e. The van der Waals surface area contributed by atoms with Gasteiger partial charge in [-0.25, -0.2) is 4.98 Å². The standard InChI is InChI=1S/C17H20N4OS/c1-18-12-5-3-2-4-11(12)17-19-9-15(23-17)16(22)21-14-8-10-6-7-13(14)20-10/h2-5,9-10,13-14,18,20H,6-8H2,1H3,(H,21,22). The van der Waals surface area contributed by atoms with Crippen LogP contribution >= 0.6 is 11.3 Å². The first-order chi connectivity index (χ1) is 11.2. The molecule has 3 atom stereocenters. The Labute approximate surface area is 139 Å². The first kappa shape index (κ1) is 14.7. The summed E-state index contributed by atoms with van der Waals surface area (Å²) in [5.41, 5.74) is 2.05. The second kappa shape index (κ2) is 5.94. The van der Waals surface area contributed by atoms with Crippen molar-refractivity contribution in [3.63, 3.8) is 0 Å². The predicted molar refractivity (Wildman–Crippen MR) is 92.9 cm³/mol. The number of thiazole rings is 1. The minimum atomic E-state index is -0.00459. The van der Waals surface area contributed by atoms with Gasteiger partial charge in [-0.15, -0.1) is 11.3 Å². The number of carbonyl (C=O) groups excluding carboxylic acids is 1. The molecule has 3 heterocycles. The maximum atomic E-state index is 12.5. The number of hydrogen-bond donors (Lipinski definition) is 3. The van der Waals surface area contributed by atoms with Gasteiger partial charge in [-0.1, -0.05) is 12.1 Å². The molecule has 2 bridgehead atoms. The molecule has 23 heavy (non-hydrogen) atoms. The van der Waals surface area contributed by atoms with Gasteiger partial charge in [0.15, 0.2) is 0 Å². The zero-order chi connectivity index (χ0) is 15.8. The van der Waals surface area contributed by atoms with E-state index in [1.54, 1.807) is 6.20 Å². The number of para-hydroxylation sites is 1. The highest BCUT2D eigenvalue weighted by atomic mass is 32.1. The lowest BCUT2D eigenvalue weighted by Crippen LogP contribution is -2.42. The summed E-state index contributed by atoms with van der Waals surface area (Å²) in [6.07, 6.45) is 5.13. The molecule has 120 valence electrons. The van der Waals surface area contributed by atoms with Crippen molar-refractivity contribution in [3.8, 4) is 10.6 Å². The largest absolute Gasteiger partial charge is 0.388 e. The van der Waals surface area contributed by atoms with E-state index in [4.69, 9.17) is 0 Å². The third-order valence-corrected chi connectivity index (χ3v) is 5.80. The lowest BCUT2D eigenvalue weighted by molar-refractivity contribution is 0.0935. The number of carbonyl (C=O) groups is 1. The number of benzene rings is 1. The van der Waals surface area contributed by atoms with Crippen molar-refractivity contribution >= 4 is 22.9 Å². The van der Waals surface area contributed by atoms with Crippen molar-refractivity contribution in [1.82, 2.24) is 15.6 Å². The summed E-state index contributed by atoms with van der Waals surface area (Å²) in [5, 5.41) is 10.8. The van der Waals surface area contributed by atoms with Crippen LogP contribution in [0.2, 0.25) is 0 Å². The first-order valence-electron chi connectivity index (χ1n) is 8.04. The quantitative estimate of drug-likeness (QED) is 0.807.